The van der Waals surface area contributed by atoms with E-state index in [0.29, 0.717) is 18.5 Å². The second-order valence-corrected chi connectivity index (χ2v) is 27.5. The molecule has 1 aliphatic rings. The van der Waals surface area contributed by atoms with Crippen LogP contribution >= 0.6 is 59.6 Å². The molecule has 0 saturated heterocycles. The minimum absolute atomic E-state index is 0.0492. The number of hydrogen-bond acceptors (Lipinski definition) is 27. The molecule has 5 aromatic rings. The van der Waals surface area contributed by atoms with E-state index in [2.05, 4.69) is 94.8 Å². The standard InChI is InChI=1S/C16H12N2O6S4.C16H10N2O6S4.C12H12ClNO2S.C4H13N3.5C2H4O2/c2*19-27(20,21)15-7-13(17-9-25)5-3-11(15)1-2-12-4-6-14(18-10-26)8-16(12)28(22,23)24;1-14(2)11-7-3-6-10-9(11)5-4-8-12(10)17(13,15)16;5-1-3-7-4-2-6;5*1-2(3)4/h1-8,11,15H,(H,19,20,21)(H,22,23,24);1-8H,(H,19,20,21)(H,22,23,24);3-8H,1-2H3;7H,1-6H2;5*1H3,(H,3,4). The number of nitrogens with zero attached hydrogens (tertiary/aromatic N) is 5. The maximum atomic E-state index is 11.7. The highest BCUT2D eigenvalue weighted by Crippen LogP contribution is 2.33. The molecule has 0 radical (unpaired) electrons. The van der Waals surface area contributed by atoms with Crippen LogP contribution in [0.4, 0.5) is 22.7 Å². The highest BCUT2D eigenvalue weighted by molar-refractivity contribution is 8.14. The smallest absolute Gasteiger partial charge is 0.300 e. The largest absolute Gasteiger partial charge is 0.481 e. The summed E-state index contributed by atoms with van der Waals surface area (Å²) >= 11 is 17.8. The average molecular weight is 1580 g/mol. The summed E-state index contributed by atoms with van der Waals surface area (Å²) in [6.45, 7) is 8.55. The molecule has 100 heavy (non-hydrogen) atoms. The molecule has 0 heterocycles. The zero-order valence-electron chi connectivity index (χ0n) is 53.3. The minimum atomic E-state index is -4.61. The fraction of sp³-hybridized carbons (Fsp3) is 0.224. The lowest BCUT2D eigenvalue weighted by molar-refractivity contribution is -0.135. The maximum Gasteiger partial charge on any atom is 0.300 e. The van der Waals surface area contributed by atoms with Crippen LogP contribution in [0.1, 0.15) is 51.3 Å². The molecule has 0 fully saturated rings. The van der Waals surface area contributed by atoms with Crippen molar-refractivity contribution in [3.05, 3.63) is 138 Å². The molecule has 14 N–H and O–H groups in total. The van der Waals surface area contributed by atoms with Gasteiger partial charge in [0.25, 0.3) is 79.4 Å². The van der Waals surface area contributed by atoms with Gasteiger partial charge < -0.3 is 47.2 Å². The van der Waals surface area contributed by atoms with Gasteiger partial charge in [-0.15, -0.1) is 0 Å². The van der Waals surface area contributed by atoms with E-state index in [9.17, 15) is 60.3 Å². The number of nitrogens with one attached hydrogen (secondary N) is 1. The lowest BCUT2D eigenvalue weighted by Gasteiger charge is -2.19. The lowest BCUT2D eigenvalue weighted by atomic mass is 9.97. The van der Waals surface area contributed by atoms with Crippen molar-refractivity contribution in [3.63, 3.8) is 0 Å². The van der Waals surface area contributed by atoms with Crippen molar-refractivity contribution in [1.29, 1.82) is 0 Å². The van der Waals surface area contributed by atoms with E-state index in [1.807, 2.05) is 37.2 Å². The van der Waals surface area contributed by atoms with Crippen molar-refractivity contribution in [2.24, 2.45) is 37.4 Å². The van der Waals surface area contributed by atoms with E-state index >= 15 is 0 Å². The highest BCUT2D eigenvalue weighted by Gasteiger charge is 2.30. The summed E-state index contributed by atoms with van der Waals surface area (Å²) in [4.78, 5) is 60.3. The van der Waals surface area contributed by atoms with Crippen LogP contribution in [0.5, 0.6) is 0 Å². The predicted molar refractivity (Wildman–Crippen MR) is 391 cm³/mol. The summed E-state index contributed by atoms with van der Waals surface area (Å²) in [5.41, 5.74) is 12.2. The lowest BCUT2D eigenvalue weighted by Crippen LogP contribution is -2.27. The predicted octanol–water partition coefficient (Wildman–Crippen LogP) is 8.71. The highest BCUT2D eigenvalue weighted by atomic mass is 35.7. The Morgan fingerprint density at radius 2 is 0.850 bits per heavy atom. The second-order valence-electron chi connectivity index (χ2n) is 18.5. The summed E-state index contributed by atoms with van der Waals surface area (Å²) in [7, 11) is -12.8. The number of aliphatic carboxylic acids is 5. The van der Waals surface area contributed by atoms with Gasteiger partial charge in [-0.1, -0.05) is 72.8 Å². The number of anilines is 1. The van der Waals surface area contributed by atoms with Gasteiger partial charge in [0.05, 0.1) is 48.3 Å². The third kappa shape index (κ3) is 43.1. The Labute approximate surface area is 601 Å². The first kappa shape index (κ1) is 95.6. The minimum Gasteiger partial charge on any atom is -0.481 e. The van der Waals surface area contributed by atoms with Crippen LogP contribution in [0, 0.1) is 5.92 Å². The quantitative estimate of drug-likeness (QED) is 0.00973. The summed E-state index contributed by atoms with van der Waals surface area (Å²) < 4.78 is 154. The summed E-state index contributed by atoms with van der Waals surface area (Å²) in [5.74, 6) is -4.99. The molecule has 0 bridgehead atoms. The number of allylic oxidation sites excluding steroid dienone is 3. The molecule has 2 unspecified atom stereocenters. The number of thiocarbonyl (C=S) groups is 4. The number of aliphatic imine (C=N–C) groups is 4. The molecule has 0 saturated carbocycles. The summed E-state index contributed by atoms with van der Waals surface area (Å²) in [6, 6.07) is 22.2. The first-order valence-corrected chi connectivity index (χ1v) is 36.5. The SMILES string of the molecule is CC(=O)O.CC(=O)O.CC(=O)O.CC(=O)O.CC(=O)O.CN(C)c1cccc2c(S(=O)(=O)Cl)cccc12.NCCNCCN.O=S(=O)(O)c1cc(N=C=S)ccc1C=CC1C=CC(N=C=S)=CC1S(=O)(=O)O.O=S(=O)(O)c1cc(N=C=S)ccc1C=Cc1ccc(N=C=S)cc1S(=O)(=O)O. The van der Waals surface area contributed by atoms with Gasteiger partial charge in [-0.2, -0.15) is 53.6 Å². The van der Waals surface area contributed by atoms with Crippen molar-refractivity contribution in [3.8, 4) is 0 Å². The first-order chi connectivity index (χ1) is 46.1. The molecule has 0 spiro atoms. The topological polar surface area (TPSA) is 555 Å². The van der Waals surface area contributed by atoms with Crippen molar-refractivity contribution in [2.45, 2.75) is 59.5 Å². The number of carbonyl (C=O) groups is 5. The maximum absolute atomic E-state index is 11.7. The molecular formula is C58H67ClN8O24S9. The van der Waals surface area contributed by atoms with Crippen LogP contribution in [0.25, 0.3) is 29.0 Å². The van der Waals surface area contributed by atoms with E-state index in [1.165, 1.54) is 85.0 Å². The van der Waals surface area contributed by atoms with Crippen LogP contribution in [-0.4, -0.2) is 182 Å². The molecule has 0 aromatic heterocycles. The molecule has 0 aliphatic heterocycles. The molecule has 6 rings (SSSR count). The number of halogens is 1. The fourth-order valence-electron chi connectivity index (χ4n) is 6.85. The van der Waals surface area contributed by atoms with Crippen LogP contribution in [-0.2, 0) is 73.5 Å². The zero-order valence-corrected chi connectivity index (χ0v) is 61.4. The Hall–Kier alpha value is -8.57. The van der Waals surface area contributed by atoms with Crippen molar-refractivity contribution < 1.29 is 110 Å². The molecule has 32 nitrogen and oxygen atoms in total. The third-order valence-electron chi connectivity index (χ3n) is 10.3. The Balaban J connectivity index is -0.00000121. The van der Waals surface area contributed by atoms with Gasteiger partial charge in [-0.3, -0.25) is 42.2 Å². The Morgan fingerprint density at radius 3 is 1.15 bits per heavy atom. The van der Waals surface area contributed by atoms with Gasteiger partial charge in [0, 0.05) is 108 Å². The van der Waals surface area contributed by atoms with Crippen molar-refractivity contribution in [2.75, 3.05) is 45.2 Å². The molecule has 5 aromatic carbocycles. The molecular weight excluding hydrogens is 1520 g/mol. The first-order valence-electron chi connectivity index (χ1n) is 26.7. The average Bonchev–Trinajstić information content (AvgIpc) is 0.795. The van der Waals surface area contributed by atoms with Crippen LogP contribution < -0.4 is 21.7 Å². The van der Waals surface area contributed by atoms with E-state index < -0.39 is 105 Å². The summed E-state index contributed by atoms with van der Waals surface area (Å²) in [6.07, 6.45) is 9.32. The van der Waals surface area contributed by atoms with Crippen LogP contribution in [0.15, 0.2) is 161 Å². The third-order valence-corrected chi connectivity index (χ3v) is 15.9. The van der Waals surface area contributed by atoms with Crippen LogP contribution in [0.2, 0.25) is 0 Å². The van der Waals surface area contributed by atoms with Crippen molar-refractivity contribution >= 4 is 211 Å². The monoisotopic (exact) mass is 1580 g/mol. The number of nitrogens with two attached hydrogens (primary N) is 2. The number of carboxylic acids is 5. The normalized spacial score (nSPS) is 12.6. The van der Waals surface area contributed by atoms with Gasteiger partial charge in [-0.05, 0) is 126 Å². The van der Waals surface area contributed by atoms with Crippen molar-refractivity contribution in [1.82, 2.24) is 5.32 Å². The van der Waals surface area contributed by atoms with E-state index in [4.69, 9.17) is 71.7 Å². The second kappa shape index (κ2) is 48.3. The number of fused-ring (bicyclic) bond motifs is 1. The fourth-order valence-corrected chi connectivity index (χ4v) is 11.4. The zero-order chi connectivity index (χ0) is 78.0. The molecule has 544 valence electrons. The number of carboxylic acid groups (broad SMARTS) is 5. The Bertz CT molecular complexity index is 4410. The number of hydrogen-bond donors (Lipinski definition) is 12. The number of benzene rings is 5. The number of isothiocyanates is 4. The van der Waals surface area contributed by atoms with E-state index in [-0.39, 0.29) is 44.3 Å². The van der Waals surface area contributed by atoms with Crippen LogP contribution in [0.3, 0.4) is 0 Å². The molecule has 2 atom stereocenters. The van der Waals surface area contributed by atoms with E-state index in [1.54, 1.807) is 12.1 Å². The summed E-state index contributed by atoms with van der Waals surface area (Å²) in [5, 5.41) is 48.6. The number of rotatable bonds is 18. The Kier molecular flexibility index (Phi) is 46.1. The molecule has 42 heteroatoms. The van der Waals surface area contributed by atoms with Gasteiger partial charge in [0.15, 0.2) is 0 Å². The molecule has 0 amide bonds. The van der Waals surface area contributed by atoms with Gasteiger partial charge in [0.2, 0.25) is 0 Å². The Morgan fingerprint density at radius 1 is 0.520 bits per heavy atom. The van der Waals surface area contributed by atoms with Gasteiger partial charge >= 0.3 is 0 Å². The van der Waals surface area contributed by atoms with E-state index in [0.717, 1.165) is 77.0 Å². The molecule has 1 aliphatic carbocycles. The van der Waals surface area contributed by atoms with Gasteiger partial charge in [0.1, 0.15) is 19.9 Å². The van der Waals surface area contributed by atoms with Gasteiger partial charge in [-0.25, -0.2) is 8.42 Å².